The van der Waals surface area contributed by atoms with Gasteiger partial charge in [0.1, 0.15) is 5.75 Å². The number of nitrogens with one attached hydrogen (secondary N) is 1. The summed E-state index contributed by atoms with van der Waals surface area (Å²) in [6, 6.07) is 24.7. The molecule has 3 aromatic rings. The minimum Gasteiger partial charge on any atom is -0.455 e. The van der Waals surface area contributed by atoms with Crippen LogP contribution in [-0.4, -0.2) is 11.2 Å². The van der Waals surface area contributed by atoms with Crippen LogP contribution in [0.15, 0.2) is 78.9 Å². The van der Waals surface area contributed by atoms with E-state index in [0.717, 1.165) is 5.75 Å². The van der Waals surface area contributed by atoms with Gasteiger partial charge < -0.3 is 10.1 Å². The van der Waals surface area contributed by atoms with Crippen LogP contribution < -0.4 is 10.1 Å². The number of benzene rings is 3. The third-order valence-electron chi connectivity index (χ3n) is 3.88. The molecule has 0 aliphatic rings. The van der Waals surface area contributed by atoms with E-state index < -0.39 is 0 Å². The first kappa shape index (κ1) is 19.3. The van der Waals surface area contributed by atoms with E-state index in [1.165, 1.54) is 5.56 Å². The molecule has 0 saturated carbocycles. The topological polar surface area (TPSA) is 38.3 Å². The zero-order chi connectivity index (χ0) is 19.1. The highest BCUT2D eigenvalue weighted by molar-refractivity contribution is 7.99. The Morgan fingerprint density at radius 3 is 2.41 bits per heavy atom. The van der Waals surface area contributed by atoms with Gasteiger partial charge in [-0.2, -0.15) is 0 Å². The zero-order valence-electron chi connectivity index (χ0n) is 14.9. The number of rotatable bonds is 7. The smallest absolute Gasteiger partial charge is 0.237 e. The molecule has 3 nitrogen and oxygen atoms in total. The van der Waals surface area contributed by atoms with Gasteiger partial charge in [-0.3, -0.25) is 4.79 Å². The summed E-state index contributed by atoms with van der Waals surface area (Å²) in [5, 5.41) is 3.26. The molecule has 0 unspecified atom stereocenters. The number of carbonyl (C=O) groups excluding carboxylic acids is 1. The van der Waals surface area contributed by atoms with Crippen molar-refractivity contribution in [3.05, 3.63) is 89.4 Å². The molecule has 0 spiro atoms. The second-order valence-corrected chi connectivity index (χ2v) is 7.75. The molecular formula is C22H20ClNO2S. The Kier molecular flexibility index (Phi) is 6.80. The minimum atomic E-state index is -0.214. The van der Waals surface area contributed by atoms with E-state index in [2.05, 4.69) is 17.4 Å². The minimum absolute atomic E-state index is 0.0869. The van der Waals surface area contributed by atoms with Gasteiger partial charge in [0.25, 0.3) is 0 Å². The molecule has 0 fully saturated rings. The number of hydrogen-bond acceptors (Lipinski definition) is 3. The molecule has 1 atom stereocenters. The molecule has 138 valence electrons. The molecule has 5 heteroatoms. The number of amides is 1. The average Bonchev–Trinajstić information content (AvgIpc) is 2.69. The van der Waals surface area contributed by atoms with E-state index >= 15 is 0 Å². The number of carbonyl (C=O) groups is 1. The number of anilines is 1. The molecule has 0 saturated heterocycles. The lowest BCUT2D eigenvalue weighted by molar-refractivity contribution is -0.115. The first-order valence-corrected chi connectivity index (χ1v) is 10.0. The summed E-state index contributed by atoms with van der Waals surface area (Å²) < 4.78 is 5.89. The third-order valence-corrected chi connectivity index (χ3v) is 5.33. The largest absolute Gasteiger partial charge is 0.455 e. The van der Waals surface area contributed by atoms with Gasteiger partial charge in [-0.15, -0.1) is 11.8 Å². The van der Waals surface area contributed by atoms with Gasteiger partial charge >= 0.3 is 0 Å². The predicted molar refractivity (Wildman–Crippen MR) is 114 cm³/mol. The van der Waals surface area contributed by atoms with Gasteiger partial charge in [-0.25, -0.2) is 0 Å². The lowest BCUT2D eigenvalue weighted by Crippen LogP contribution is -2.22. The van der Waals surface area contributed by atoms with Crippen LogP contribution in [0.25, 0.3) is 0 Å². The van der Waals surface area contributed by atoms with Gasteiger partial charge in [0.2, 0.25) is 5.91 Å². The average molecular weight is 398 g/mol. The van der Waals surface area contributed by atoms with Crippen molar-refractivity contribution < 1.29 is 9.53 Å². The summed E-state index contributed by atoms with van der Waals surface area (Å²) >= 11 is 7.70. The maximum absolute atomic E-state index is 12.6. The zero-order valence-corrected chi connectivity index (χ0v) is 16.5. The number of halogens is 1. The van der Waals surface area contributed by atoms with E-state index in [-0.39, 0.29) is 11.2 Å². The molecule has 0 radical (unpaired) electrons. The highest BCUT2D eigenvalue weighted by Crippen LogP contribution is 2.32. The Balaban J connectivity index is 1.66. The van der Waals surface area contributed by atoms with Gasteiger partial charge in [0.05, 0.1) is 10.9 Å². The molecule has 0 aliphatic heterocycles. The van der Waals surface area contributed by atoms with Crippen molar-refractivity contribution in [1.29, 1.82) is 0 Å². The predicted octanol–water partition coefficient (Wildman–Crippen LogP) is 6.39. The Morgan fingerprint density at radius 1 is 1.04 bits per heavy atom. The fraction of sp³-hybridized carbons (Fsp3) is 0.136. The number of para-hydroxylation sites is 1. The summed E-state index contributed by atoms with van der Waals surface area (Å²) in [5.74, 6) is 1.94. The molecule has 1 amide bonds. The standard InChI is InChI=1S/C22H20ClNO2S/c1-16(27-15-17-8-4-2-5-9-17)22(25)24-20-14-18(23)12-13-21(20)26-19-10-6-3-7-11-19/h2-14,16H,15H2,1H3,(H,24,25)/t16-/m0/s1. The molecule has 0 aliphatic carbocycles. The maximum Gasteiger partial charge on any atom is 0.237 e. The van der Waals surface area contributed by atoms with Crippen LogP contribution in [-0.2, 0) is 10.5 Å². The van der Waals surface area contributed by atoms with E-state index in [4.69, 9.17) is 16.3 Å². The summed E-state index contributed by atoms with van der Waals surface area (Å²) in [6.45, 7) is 1.89. The molecule has 1 N–H and O–H groups in total. The van der Waals surface area contributed by atoms with Crippen molar-refractivity contribution in [2.24, 2.45) is 0 Å². The van der Waals surface area contributed by atoms with Crippen LogP contribution in [0.4, 0.5) is 5.69 Å². The normalized spacial score (nSPS) is 11.6. The van der Waals surface area contributed by atoms with Gasteiger partial charge in [-0.1, -0.05) is 60.1 Å². The highest BCUT2D eigenvalue weighted by atomic mass is 35.5. The number of ether oxygens (including phenoxy) is 1. The van der Waals surface area contributed by atoms with Crippen LogP contribution in [0.3, 0.4) is 0 Å². The van der Waals surface area contributed by atoms with Crippen LogP contribution in [0.1, 0.15) is 12.5 Å². The summed E-state index contributed by atoms with van der Waals surface area (Å²) in [6.07, 6.45) is 0. The monoisotopic (exact) mass is 397 g/mol. The highest BCUT2D eigenvalue weighted by Gasteiger charge is 2.16. The van der Waals surface area contributed by atoms with Crippen molar-refractivity contribution in [3.63, 3.8) is 0 Å². The van der Waals surface area contributed by atoms with Crippen molar-refractivity contribution >= 4 is 35.0 Å². The van der Waals surface area contributed by atoms with E-state index in [0.29, 0.717) is 22.2 Å². The molecule has 3 rings (SSSR count). The number of hydrogen-bond donors (Lipinski definition) is 1. The van der Waals surface area contributed by atoms with Crippen LogP contribution >= 0.6 is 23.4 Å². The quantitative estimate of drug-likeness (QED) is 0.501. The van der Waals surface area contributed by atoms with Crippen molar-refractivity contribution in [2.75, 3.05) is 5.32 Å². The second-order valence-electron chi connectivity index (χ2n) is 5.98. The summed E-state index contributed by atoms with van der Waals surface area (Å²) in [4.78, 5) is 12.6. The fourth-order valence-corrected chi connectivity index (χ4v) is 3.43. The fourth-order valence-electron chi connectivity index (χ4n) is 2.41. The Labute approximate surface area is 168 Å². The van der Waals surface area contributed by atoms with Crippen LogP contribution in [0, 0.1) is 0 Å². The lowest BCUT2D eigenvalue weighted by atomic mass is 10.2. The van der Waals surface area contributed by atoms with Crippen molar-refractivity contribution in [3.8, 4) is 11.5 Å². The van der Waals surface area contributed by atoms with Gasteiger partial charge in [0, 0.05) is 10.8 Å². The van der Waals surface area contributed by atoms with Gasteiger partial charge in [-0.05, 0) is 42.8 Å². The van der Waals surface area contributed by atoms with E-state index in [1.807, 2.05) is 55.5 Å². The van der Waals surface area contributed by atoms with Crippen molar-refractivity contribution in [2.45, 2.75) is 17.9 Å². The lowest BCUT2D eigenvalue weighted by Gasteiger charge is -2.15. The Morgan fingerprint density at radius 2 is 1.70 bits per heavy atom. The van der Waals surface area contributed by atoms with E-state index in [1.54, 1.807) is 30.0 Å². The first-order valence-electron chi connectivity index (χ1n) is 8.60. The first-order chi connectivity index (χ1) is 13.1. The number of thioether (sulfide) groups is 1. The molecule has 0 heterocycles. The van der Waals surface area contributed by atoms with Crippen LogP contribution in [0.5, 0.6) is 11.5 Å². The second kappa shape index (κ2) is 9.49. The molecule has 27 heavy (non-hydrogen) atoms. The van der Waals surface area contributed by atoms with E-state index in [9.17, 15) is 4.79 Å². The third kappa shape index (κ3) is 5.78. The maximum atomic E-state index is 12.6. The molecule has 3 aromatic carbocycles. The van der Waals surface area contributed by atoms with Crippen LogP contribution in [0.2, 0.25) is 5.02 Å². The molecular weight excluding hydrogens is 378 g/mol. The SMILES string of the molecule is C[C@H](SCc1ccccc1)C(=O)Nc1cc(Cl)ccc1Oc1ccccc1. The Bertz CT molecular complexity index is 887. The van der Waals surface area contributed by atoms with Crippen molar-refractivity contribution in [1.82, 2.24) is 0 Å². The molecule has 0 aromatic heterocycles. The molecule has 0 bridgehead atoms. The Hall–Kier alpha value is -2.43. The summed E-state index contributed by atoms with van der Waals surface area (Å²) in [7, 11) is 0. The van der Waals surface area contributed by atoms with Gasteiger partial charge in [0.15, 0.2) is 5.75 Å². The summed E-state index contributed by atoms with van der Waals surface area (Å²) in [5.41, 5.74) is 1.75.